The van der Waals surface area contributed by atoms with Gasteiger partial charge in [-0.25, -0.2) is 9.18 Å². The number of nitrogens with one attached hydrogen (secondary N) is 1. The number of furan rings is 1. The van der Waals surface area contributed by atoms with Crippen LogP contribution in [-0.4, -0.2) is 21.1 Å². The van der Waals surface area contributed by atoms with E-state index >= 15 is 0 Å². The fraction of sp³-hybridized carbons (Fsp3) is 0.192. The van der Waals surface area contributed by atoms with Crippen LogP contribution in [-0.2, 0) is 13.0 Å². The van der Waals surface area contributed by atoms with Crippen molar-refractivity contribution in [2.75, 3.05) is 0 Å². The first-order valence-electron chi connectivity index (χ1n) is 11.0. The highest BCUT2D eigenvalue weighted by molar-refractivity contribution is 5.86. The molecule has 0 aliphatic carbocycles. The molecule has 34 heavy (non-hydrogen) atoms. The molecule has 4 aromatic rings. The molecule has 2 amide bonds. The minimum absolute atomic E-state index is 0.251. The molecule has 1 aliphatic heterocycles. The fourth-order valence-electron chi connectivity index (χ4n) is 4.08. The van der Waals surface area contributed by atoms with E-state index in [9.17, 15) is 9.18 Å². The lowest BCUT2D eigenvalue weighted by Crippen LogP contribution is -2.45. The van der Waals surface area contributed by atoms with Crippen LogP contribution in [0.3, 0.4) is 0 Å². The molecule has 8 heteroatoms. The van der Waals surface area contributed by atoms with Crippen LogP contribution in [0.1, 0.15) is 42.7 Å². The SMILES string of the molecule is CCc1ccc(C2NC(=O)N(Cc3ccco3)C(C)=C2c2nc(-c3cccc(F)c3)no2)cc1. The number of allylic oxidation sites excluding steroid dienone is 1. The maximum Gasteiger partial charge on any atom is 0.322 e. The van der Waals surface area contributed by atoms with Crippen molar-refractivity contribution in [1.29, 1.82) is 0 Å². The Morgan fingerprint density at radius 1 is 1.12 bits per heavy atom. The van der Waals surface area contributed by atoms with E-state index in [0.29, 0.717) is 22.6 Å². The first-order chi connectivity index (χ1) is 16.5. The van der Waals surface area contributed by atoms with Crippen LogP contribution in [0.5, 0.6) is 0 Å². The van der Waals surface area contributed by atoms with Gasteiger partial charge in [0.1, 0.15) is 11.6 Å². The smallest absolute Gasteiger partial charge is 0.322 e. The summed E-state index contributed by atoms with van der Waals surface area (Å²) < 4.78 is 24.8. The largest absolute Gasteiger partial charge is 0.467 e. The predicted octanol–water partition coefficient (Wildman–Crippen LogP) is 5.73. The number of urea groups is 1. The third-order valence-electron chi connectivity index (χ3n) is 5.95. The van der Waals surface area contributed by atoms with Crippen molar-refractivity contribution in [1.82, 2.24) is 20.4 Å². The number of halogens is 1. The Morgan fingerprint density at radius 2 is 1.94 bits per heavy atom. The average Bonchev–Trinajstić information content (AvgIpc) is 3.54. The van der Waals surface area contributed by atoms with Crippen LogP contribution in [0.2, 0.25) is 0 Å². The van der Waals surface area contributed by atoms with Gasteiger partial charge in [0.05, 0.1) is 24.4 Å². The Hall–Kier alpha value is -4.20. The fourth-order valence-corrected chi connectivity index (χ4v) is 4.08. The van der Waals surface area contributed by atoms with Gasteiger partial charge in [-0.05, 0) is 48.7 Å². The molecule has 0 radical (unpaired) electrons. The number of benzene rings is 2. The normalized spacial score (nSPS) is 16.1. The monoisotopic (exact) mass is 458 g/mol. The van der Waals surface area contributed by atoms with Crippen LogP contribution in [0.4, 0.5) is 9.18 Å². The highest BCUT2D eigenvalue weighted by Gasteiger charge is 2.36. The van der Waals surface area contributed by atoms with Crippen molar-refractivity contribution in [3.8, 4) is 11.4 Å². The molecule has 1 unspecified atom stereocenters. The summed E-state index contributed by atoms with van der Waals surface area (Å²) in [4.78, 5) is 19.2. The third-order valence-corrected chi connectivity index (χ3v) is 5.95. The summed E-state index contributed by atoms with van der Waals surface area (Å²) >= 11 is 0. The summed E-state index contributed by atoms with van der Waals surface area (Å²) in [5, 5.41) is 7.15. The Bertz CT molecular complexity index is 1340. The van der Waals surface area contributed by atoms with Crippen molar-refractivity contribution >= 4 is 11.6 Å². The van der Waals surface area contributed by atoms with Crippen molar-refractivity contribution < 1.29 is 18.1 Å². The number of rotatable bonds is 6. The van der Waals surface area contributed by atoms with Crippen molar-refractivity contribution in [3.63, 3.8) is 0 Å². The van der Waals surface area contributed by atoms with E-state index in [1.165, 1.54) is 17.7 Å². The summed E-state index contributed by atoms with van der Waals surface area (Å²) in [6.45, 7) is 4.18. The summed E-state index contributed by atoms with van der Waals surface area (Å²) in [7, 11) is 0. The Labute approximate surface area is 195 Å². The van der Waals surface area contributed by atoms with Crippen LogP contribution in [0.25, 0.3) is 17.0 Å². The van der Waals surface area contributed by atoms with E-state index < -0.39 is 6.04 Å². The number of hydrogen-bond donors (Lipinski definition) is 1. The molecule has 0 spiro atoms. The average molecular weight is 458 g/mol. The minimum Gasteiger partial charge on any atom is -0.467 e. The summed E-state index contributed by atoms with van der Waals surface area (Å²) in [5.74, 6) is 0.781. The predicted molar refractivity (Wildman–Crippen MR) is 124 cm³/mol. The zero-order valence-corrected chi connectivity index (χ0v) is 18.8. The van der Waals surface area contributed by atoms with Crippen LogP contribution >= 0.6 is 0 Å². The van der Waals surface area contributed by atoms with Gasteiger partial charge in [0, 0.05) is 11.3 Å². The lowest BCUT2D eigenvalue weighted by molar-refractivity contribution is 0.199. The number of carbonyl (C=O) groups excluding carboxylic acids is 1. The molecular weight excluding hydrogens is 435 g/mol. The number of carbonyl (C=O) groups is 1. The van der Waals surface area contributed by atoms with E-state index in [0.717, 1.165) is 12.0 Å². The molecule has 0 saturated carbocycles. The first-order valence-corrected chi connectivity index (χ1v) is 11.0. The van der Waals surface area contributed by atoms with Gasteiger partial charge in [-0.15, -0.1) is 0 Å². The number of nitrogens with zero attached hydrogens (tertiary/aromatic N) is 3. The zero-order valence-electron chi connectivity index (χ0n) is 18.8. The molecule has 1 aliphatic rings. The van der Waals surface area contributed by atoms with Gasteiger partial charge < -0.3 is 14.3 Å². The Morgan fingerprint density at radius 3 is 2.65 bits per heavy atom. The van der Waals surface area contributed by atoms with Gasteiger partial charge in [0.15, 0.2) is 0 Å². The van der Waals surface area contributed by atoms with E-state index in [2.05, 4.69) is 22.4 Å². The van der Waals surface area contributed by atoms with Crippen molar-refractivity contribution in [3.05, 3.63) is 101 Å². The number of aromatic nitrogens is 2. The molecule has 1 N–H and O–H groups in total. The molecule has 172 valence electrons. The highest BCUT2D eigenvalue weighted by atomic mass is 19.1. The second kappa shape index (κ2) is 8.97. The van der Waals surface area contributed by atoms with E-state index in [1.54, 1.807) is 29.4 Å². The zero-order chi connectivity index (χ0) is 23.7. The standard InChI is InChI=1S/C26H23FN4O3/c1-3-17-9-11-18(12-10-17)23-22(16(2)31(26(32)28-23)15-21-8-5-13-33-21)25-29-24(30-34-25)19-6-4-7-20(27)14-19/h4-14,23H,3,15H2,1-2H3,(H,28,32). The lowest BCUT2D eigenvalue weighted by atomic mass is 9.93. The minimum atomic E-state index is -0.493. The van der Waals surface area contributed by atoms with Gasteiger partial charge in [-0.1, -0.05) is 48.5 Å². The van der Waals surface area contributed by atoms with E-state index in [1.807, 2.05) is 37.3 Å². The summed E-state index contributed by atoms with van der Waals surface area (Å²) in [6, 6.07) is 16.9. The van der Waals surface area contributed by atoms with Gasteiger partial charge in [-0.2, -0.15) is 4.98 Å². The second-order valence-corrected chi connectivity index (χ2v) is 8.08. The quantitative estimate of drug-likeness (QED) is 0.399. The first kappa shape index (κ1) is 21.6. The van der Waals surface area contributed by atoms with Crippen molar-refractivity contribution in [2.24, 2.45) is 0 Å². The molecular formula is C26H23FN4O3. The number of amides is 2. The van der Waals surface area contributed by atoms with Crippen LogP contribution in [0.15, 0.2) is 81.6 Å². The Kier molecular flexibility index (Phi) is 5.71. The maximum atomic E-state index is 13.7. The maximum absolute atomic E-state index is 13.7. The molecule has 0 saturated heterocycles. The van der Waals surface area contributed by atoms with Gasteiger partial charge in [-0.3, -0.25) is 4.90 Å². The Balaban J connectivity index is 1.59. The van der Waals surface area contributed by atoms with E-state index in [4.69, 9.17) is 8.94 Å². The van der Waals surface area contributed by atoms with Gasteiger partial charge >= 0.3 is 6.03 Å². The molecule has 7 nitrogen and oxygen atoms in total. The number of hydrogen-bond acceptors (Lipinski definition) is 5. The lowest BCUT2D eigenvalue weighted by Gasteiger charge is -2.34. The molecule has 2 aromatic heterocycles. The van der Waals surface area contributed by atoms with Gasteiger partial charge in [0.25, 0.3) is 5.89 Å². The molecule has 5 rings (SSSR count). The number of aryl methyl sites for hydroxylation is 1. The van der Waals surface area contributed by atoms with Crippen LogP contribution in [0, 0.1) is 5.82 Å². The highest BCUT2D eigenvalue weighted by Crippen LogP contribution is 2.38. The third kappa shape index (κ3) is 4.10. The summed E-state index contributed by atoms with van der Waals surface area (Å²) in [6.07, 6.45) is 2.48. The molecule has 2 aromatic carbocycles. The molecule has 0 fully saturated rings. The molecule has 1 atom stereocenters. The van der Waals surface area contributed by atoms with Crippen molar-refractivity contribution in [2.45, 2.75) is 32.9 Å². The molecule has 3 heterocycles. The topological polar surface area (TPSA) is 84.4 Å². The van der Waals surface area contributed by atoms with Gasteiger partial charge in [0.2, 0.25) is 5.82 Å². The summed E-state index contributed by atoms with van der Waals surface area (Å²) in [5.41, 5.74) is 3.93. The van der Waals surface area contributed by atoms with E-state index in [-0.39, 0.29) is 30.1 Å². The second-order valence-electron chi connectivity index (χ2n) is 8.08. The van der Waals surface area contributed by atoms with Crippen LogP contribution < -0.4 is 5.32 Å². The molecule has 0 bridgehead atoms.